The highest BCUT2D eigenvalue weighted by Gasteiger charge is 2.27. The maximum Gasteiger partial charge on any atom is 0.305 e. The van der Waals surface area contributed by atoms with Crippen LogP contribution < -0.4 is 10.6 Å². The van der Waals surface area contributed by atoms with Crippen molar-refractivity contribution in [1.82, 2.24) is 20.6 Å². The van der Waals surface area contributed by atoms with Crippen LogP contribution in [0.3, 0.4) is 0 Å². The fourth-order valence-electron chi connectivity index (χ4n) is 6.32. The van der Waals surface area contributed by atoms with Gasteiger partial charge in [-0.1, -0.05) is 25.3 Å². The quantitative estimate of drug-likeness (QED) is 0.172. The molecule has 0 aromatic carbocycles. The van der Waals surface area contributed by atoms with E-state index in [9.17, 15) is 14.7 Å². The molecule has 0 fully saturated rings. The Morgan fingerprint density at radius 2 is 1.35 bits per heavy atom. The number of rotatable bonds is 14. The molecular weight excluding hydrogens is 584 g/mol. The van der Waals surface area contributed by atoms with Crippen LogP contribution in [0.2, 0.25) is 0 Å². The van der Waals surface area contributed by atoms with Crippen LogP contribution in [-0.4, -0.2) is 60.8 Å². The molecule has 0 amide bonds. The van der Waals surface area contributed by atoms with Gasteiger partial charge in [-0.2, -0.15) is 0 Å². The molecule has 2 atom stereocenters. The normalized spacial score (nSPS) is 19.6. The molecular formula is C36H46N4O6. The number of aromatic nitrogens is 2. The molecule has 5 N–H and O–H groups in total. The number of carboxylic acids is 1. The molecule has 0 bridgehead atoms. The number of methoxy groups -OCH3 is 3. The molecule has 2 aromatic heterocycles. The summed E-state index contributed by atoms with van der Waals surface area (Å²) in [6.45, 7) is 16.0. The van der Waals surface area contributed by atoms with Crippen molar-refractivity contribution >= 4 is 24.1 Å². The fraction of sp³-hybridized carbons (Fsp3) is 0.389. The summed E-state index contributed by atoms with van der Waals surface area (Å²) in [5.74, 6) is -1.14. The molecule has 0 aliphatic carbocycles. The van der Waals surface area contributed by atoms with E-state index in [0.29, 0.717) is 19.3 Å². The summed E-state index contributed by atoms with van der Waals surface area (Å²) >= 11 is 0. The van der Waals surface area contributed by atoms with Gasteiger partial charge in [-0.05, 0) is 86.1 Å². The summed E-state index contributed by atoms with van der Waals surface area (Å²) in [4.78, 5) is 31.1. The topological polar surface area (TPSA) is 138 Å². The summed E-state index contributed by atoms with van der Waals surface area (Å²) in [6.07, 6.45) is 8.76. The molecule has 46 heavy (non-hydrogen) atoms. The highest BCUT2D eigenvalue weighted by Crippen LogP contribution is 2.33. The largest absolute Gasteiger partial charge is 0.481 e. The van der Waals surface area contributed by atoms with E-state index < -0.39 is 5.97 Å². The minimum absolute atomic E-state index is 0.00387. The first-order valence-corrected chi connectivity index (χ1v) is 15.4. The summed E-state index contributed by atoms with van der Waals surface area (Å²) in [5.41, 5.74) is 13.5. The van der Waals surface area contributed by atoms with Crippen molar-refractivity contribution < 1.29 is 28.9 Å². The molecule has 0 saturated heterocycles. The SMILES string of the molecule is C=CC1=C(C)C(OC)N/C1=C\c1[nH]c(Cc2[nH]c(/C=C3\NC(OC)C(C=C)=C3C)c(C)c2CCC(=O)O)c(CCC(=O)OC)c1C. The molecule has 10 nitrogen and oxygen atoms in total. The third-order valence-corrected chi connectivity index (χ3v) is 9.04. The number of allylic oxidation sites excluding steroid dienone is 2. The van der Waals surface area contributed by atoms with Crippen LogP contribution >= 0.6 is 0 Å². The van der Waals surface area contributed by atoms with Crippen molar-refractivity contribution in [3.05, 3.63) is 104 Å². The monoisotopic (exact) mass is 630 g/mol. The molecule has 0 spiro atoms. The number of carbonyl (C=O) groups is 2. The molecule has 4 rings (SSSR count). The van der Waals surface area contributed by atoms with Crippen LogP contribution in [0.1, 0.15) is 71.7 Å². The predicted molar refractivity (Wildman–Crippen MR) is 180 cm³/mol. The van der Waals surface area contributed by atoms with Crippen molar-refractivity contribution in [2.45, 2.75) is 72.3 Å². The van der Waals surface area contributed by atoms with E-state index in [1.165, 1.54) is 7.11 Å². The number of carboxylic acid groups (broad SMARTS) is 1. The van der Waals surface area contributed by atoms with Crippen LogP contribution in [-0.2, 0) is 43.1 Å². The fourth-order valence-corrected chi connectivity index (χ4v) is 6.32. The van der Waals surface area contributed by atoms with Gasteiger partial charge in [0.05, 0.1) is 7.11 Å². The Balaban J connectivity index is 1.80. The highest BCUT2D eigenvalue weighted by atomic mass is 16.5. The van der Waals surface area contributed by atoms with Crippen molar-refractivity contribution in [2.24, 2.45) is 0 Å². The predicted octanol–water partition coefficient (Wildman–Crippen LogP) is 5.51. The maximum absolute atomic E-state index is 12.2. The van der Waals surface area contributed by atoms with E-state index in [1.807, 2.05) is 45.9 Å². The highest BCUT2D eigenvalue weighted by molar-refractivity contribution is 5.71. The average molecular weight is 631 g/mol. The molecule has 4 heterocycles. The number of aromatic amines is 2. The van der Waals surface area contributed by atoms with E-state index in [0.717, 1.165) is 78.7 Å². The van der Waals surface area contributed by atoms with Gasteiger partial charge in [-0.3, -0.25) is 9.59 Å². The first kappa shape index (κ1) is 34.3. The van der Waals surface area contributed by atoms with Crippen LogP contribution in [0.15, 0.2) is 59.0 Å². The summed E-state index contributed by atoms with van der Waals surface area (Å²) in [5, 5.41) is 16.4. The lowest BCUT2D eigenvalue weighted by Crippen LogP contribution is -2.25. The zero-order valence-corrected chi connectivity index (χ0v) is 27.9. The minimum atomic E-state index is -0.857. The zero-order chi connectivity index (χ0) is 33.7. The van der Waals surface area contributed by atoms with Crippen LogP contribution in [0.25, 0.3) is 12.2 Å². The van der Waals surface area contributed by atoms with E-state index >= 15 is 0 Å². The lowest BCUT2D eigenvalue weighted by Gasteiger charge is -2.11. The average Bonchev–Trinajstić information content (AvgIpc) is 3.71. The van der Waals surface area contributed by atoms with Gasteiger partial charge in [-0.25, -0.2) is 0 Å². The first-order chi connectivity index (χ1) is 22.0. The third kappa shape index (κ3) is 6.98. The van der Waals surface area contributed by atoms with Crippen molar-refractivity contribution in [3.63, 3.8) is 0 Å². The second-order valence-electron chi connectivity index (χ2n) is 11.6. The van der Waals surface area contributed by atoms with E-state index in [-0.39, 0.29) is 31.3 Å². The smallest absolute Gasteiger partial charge is 0.305 e. The number of nitrogens with one attached hydrogen (secondary N) is 4. The number of hydrogen-bond acceptors (Lipinski definition) is 7. The van der Waals surface area contributed by atoms with Crippen molar-refractivity contribution in [2.75, 3.05) is 21.3 Å². The molecule has 2 aliphatic rings. The number of aliphatic carboxylic acids is 1. The molecule has 0 radical (unpaired) electrons. The molecule has 2 aliphatic heterocycles. The Morgan fingerprint density at radius 1 is 0.804 bits per heavy atom. The Bertz CT molecular complexity index is 1660. The third-order valence-electron chi connectivity index (χ3n) is 9.04. The van der Waals surface area contributed by atoms with Crippen molar-refractivity contribution in [1.29, 1.82) is 0 Å². The molecule has 246 valence electrons. The zero-order valence-electron chi connectivity index (χ0n) is 27.9. The number of hydrogen-bond donors (Lipinski definition) is 5. The van der Waals surface area contributed by atoms with Gasteiger partial charge >= 0.3 is 11.9 Å². The van der Waals surface area contributed by atoms with Crippen LogP contribution in [0.4, 0.5) is 0 Å². The molecule has 2 aromatic rings. The Kier molecular flexibility index (Phi) is 11.0. The molecule has 0 saturated carbocycles. The van der Waals surface area contributed by atoms with Gasteiger partial charge in [0.2, 0.25) is 0 Å². The standard InChI is InChI=1S/C36H46N4O6/c1-10-23-22(6)35(45-8)40-30(23)17-28-21(5)26(13-15-34(43)44-7)32(38-28)18-31-25(12-14-33(41)42)20(4)27(37-31)16-29-19(3)24(11-2)36(39-29)46-9/h10-11,16-17,35-40H,1-2,12-15,18H2,3-9H3,(H,41,42)/b29-16-,30-17-. The van der Waals surface area contributed by atoms with Gasteiger partial charge in [0.25, 0.3) is 0 Å². The minimum Gasteiger partial charge on any atom is -0.481 e. The lowest BCUT2D eigenvalue weighted by molar-refractivity contribution is -0.140. The van der Waals surface area contributed by atoms with E-state index in [1.54, 1.807) is 20.3 Å². The number of esters is 1. The second-order valence-corrected chi connectivity index (χ2v) is 11.6. The summed E-state index contributed by atoms with van der Waals surface area (Å²) in [7, 11) is 4.70. The number of carbonyl (C=O) groups excluding carboxylic acids is 1. The Hall–Kier alpha value is -4.54. The number of ether oxygens (including phenoxy) is 3. The van der Waals surface area contributed by atoms with Crippen LogP contribution in [0, 0.1) is 13.8 Å². The second kappa shape index (κ2) is 14.7. The Labute approximate surface area is 271 Å². The molecule has 2 unspecified atom stereocenters. The van der Waals surface area contributed by atoms with Gasteiger partial charge in [-0.15, -0.1) is 0 Å². The summed E-state index contributed by atoms with van der Waals surface area (Å²) in [6, 6.07) is 0. The first-order valence-electron chi connectivity index (χ1n) is 15.4. The number of H-pyrrole nitrogens is 2. The lowest BCUT2D eigenvalue weighted by atomic mass is 9.98. The molecule has 10 heteroatoms. The Morgan fingerprint density at radius 3 is 1.83 bits per heavy atom. The maximum atomic E-state index is 12.2. The van der Waals surface area contributed by atoms with E-state index in [2.05, 4.69) is 33.8 Å². The van der Waals surface area contributed by atoms with Crippen LogP contribution in [0.5, 0.6) is 0 Å². The van der Waals surface area contributed by atoms with Gasteiger partial charge in [0, 0.05) is 78.8 Å². The summed E-state index contributed by atoms with van der Waals surface area (Å²) < 4.78 is 16.1. The van der Waals surface area contributed by atoms with Gasteiger partial charge in [0.1, 0.15) is 6.23 Å². The van der Waals surface area contributed by atoms with E-state index in [4.69, 9.17) is 14.2 Å². The van der Waals surface area contributed by atoms with Gasteiger partial charge < -0.3 is 39.9 Å². The van der Waals surface area contributed by atoms with Crippen molar-refractivity contribution in [3.8, 4) is 0 Å². The van der Waals surface area contributed by atoms with Gasteiger partial charge in [0.15, 0.2) is 6.23 Å².